The lowest BCUT2D eigenvalue weighted by molar-refractivity contribution is -0.140. The molecular formula is C44H56F6N20O3. The zero-order chi connectivity index (χ0) is 51.9. The Morgan fingerprint density at radius 2 is 0.959 bits per heavy atom. The first-order valence-electron chi connectivity index (χ1n) is 23.8. The predicted octanol–water partition coefficient (Wildman–Crippen LogP) is 3.16. The summed E-state index contributed by atoms with van der Waals surface area (Å²) in [5.74, 6) is 1.66. The first kappa shape index (κ1) is 50.9. The van der Waals surface area contributed by atoms with Gasteiger partial charge in [-0.15, -0.1) is 0 Å². The molecule has 23 nitrogen and oxygen atoms in total. The van der Waals surface area contributed by atoms with Crippen LogP contribution in [-0.2, 0) is 27.4 Å². The van der Waals surface area contributed by atoms with Crippen LogP contribution >= 0.6 is 0 Å². The molecule has 0 bridgehead atoms. The van der Waals surface area contributed by atoms with Crippen LogP contribution in [0.2, 0.25) is 0 Å². The van der Waals surface area contributed by atoms with Gasteiger partial charge in [-0.05, 0) is 27.7 Å². The van der Waals surface area contributed by atoms with Crippen molar-refractivity contribution in [2.75, 3.05) is 110 Å². The van der Waals surface area contributed by atoms with Gasteiger partial charge in [-0.25, -0.2) is 49.8 Å². The smallest absolute Gasteiger partial charge is 0.378 e. The molecule has 0 radical (unpaired) electrons. The molecule has 6 aromatic heterocycles. The number of morpholine rings is 2. The normalized spacial score (nSPS) is 21.2. The van der Waals surface area contributed by atoms with E-state index in [1.165, 1.54) is 31.7 Å². The number of nitrogens with zero attached hydrogens (tertiary/aromatic N) is 17. The number of hydrogen-bond donors (Lipinski definition) is 3. The molecule has 4 atom stereocenters. The number of halogens is 6. The quantitative estimate of drug-likeness (QED) is 0.185. The molecular weight excluding hydrogens is 971 g/mol. The SMILES string of the molecule is CC(=O)N1[C@H](C)CN(c2nc3c(N4CCOCC4)nc(-c4cnc(N)nc4)nc3n2CC(F)(F)F)C[C@@H]1C.C[C@@H]1CN(c2nc3c(N4CCOCC4)nc(-c4cnc(N)nc4)nc3n2CC(F)(F)F)C[C@H](C)N1. The van der Waals surface area contributed by atoms with E-state index in [0.717, 1.165) is 9.13 Å². The lowest BCUT2D eigenvalue weighted by atomic mass is 10.1. The van der Waals surface area contributed by atoms with Crippen molar-refractivity contribution in [2.24, 2.45) is 0 Å². The molecule has 0 aliphatic carbocycles. The van der Waals surface area contributed by atoms with Crippen LogP contribution in [0.1, 0.15) is 34.6 Å². The molecule has 0 spiro atoms. The summed E-state index contributed by atoms with van der Waals surface area (Å²) in [7, 11) is 0. The van der Waals surface area contributed by atoms with Crippen molar-refractivity contribution in [2.45, 2.75) is 84.2 Å². The maximum absolute atomic E-state index is 13.9. The highest BCUT2D eigenvalue weighted by Gasteiger charge is 2.39. The number of amides is 1. The summed E-state index contributed by atoms with van der Waals surface area (Å²) in [6, 6.07) is -0.263. The third-order valence-electron chi connectivity index (χ3n) is 12.7. The van der Waals surface area contributed by atoms with E-state index in [-0.39, 0.29) is 82.3 Å². The number of nitrogens with one attached hydrogen (secondary N) is 1. The van der Waals surface area contributed by atoms with Gasteiger partial charge in [0.2, 0.25) is 29.7 Å². The summed E-state index contributed by atoms with van der Waals surface area (Å²) in [5.41, 5.74) is 12.8. The molecule has 4 aliphatic heterocycles. The number of carbonyl (C=O) groups is 1. The Labute approximate surface area is 414 Å². The first-order valence-corrected chi connectivity index (χ1v) is 23.8. The molecule has 10 rings (SSSR count). The van der Waals surface area contributed by atoms with E-state index < -0.39 is 25.4 Å². The minimum atomic E-state index is -4.53. The highest BCUT2D eigenvalue weighted by atomic mass is 19.4. The summed E-state index contributed by atoms with van der Waals surface area (Å²) in [6.45, 7) is 12.3. The fraction of sp³-hybridized carbons (Fsp3) is 0.568. The van der Waals surface area contributed by atoms with Crippen LogP contribution in [0.3, 0.4) is 0 Å². The number of nitrogens with two attached hydrogens (primary N) is 2. The Bertz CT molecular complexity index is 2890. The number of rotatable bonds is 8. The molecule has 392 valence electrons. The summed E-state index contributed by atoms with van der Waals surface area (Å²) in [5, 5.41) is 3.40. The molecule has 4 fully saturated rings. The second-order valence-electron chi connectivity index (χ2n) is 18.6. The van der Waals surface area contributed by atoms with Crippen molar-refractivity contribution >= 4 is 63.7 Å². The molecule has 4 aliphatic rings. The van der Waals surface area contributed by atoms with Gasteiger partial charge in [-0.3, -0.25) is 13.9 Å². The minimum Gasteiger partial charge on any atom is -0.378 e. The van der Waals surface area contributed by atoms with Crippen LogP contribution in [0.5, 0.6) is 0 Å². The Morgan fingerprint density at radius 3 is 1.32 bits per heavy atom. The van der Waals surface area contributed by atoms with Crippen molar-refractivity contribution in [1.29, 1.82) is 0 Å². The molecule has 4 saturated heterocycles. The number of aromatic nitrogens is 12. The van der Waals surface area contributed by atoms with Gasteiger partial charge in [0.05, 0.1) is 37.6 Å². The van der Waals surface area contributed by atoms with Gasteiger partial charge in [0, 0.05) is 108 Å². The van der Waals surface area contributed by atoms with E-state index in [9.17, 15) is 31.1 Å². The molecule has 10 heterocycles. The Hall–Kier alpha value is -7.01. The molecule has 6 aromatic rings. The van der Waals surface area contributed by atoms with Crippen LogP contribution in [0.15, 0.2) is 24.8 Å². The van der Waals surface area contributed by atoms with Crippen molar-refractivity contribution in [1.82, 2.24) is 69.2 Å². The molecule has 73 heavy (non-hydrogen) atoms. The van der Waals surface area contributed by atoms with Crippen LogP contribution in [-0.4, -0.2) is 185 Å². The number of carbonyl (C=O) groups excluding carboxylic acids is 1. The third kappa shape index (κ3) is 11.3. The standard InChI is InChI=1S/C23H29F3N10O2.C21H27F3N10O/c1-13-10-34(11-14(2)36(13)15(3)37)22-30-17-19(33-4-6-38-7-5-33)31-18(16-8-28-21(27)29-9-16)32-20(17)35(22)12-23(24,25)26;1-12-9-33(10-13(2)28-12)20-29-15-17(32-3-5-35-6-4-32)30-16(14-7-26-19(25)27-8-14)31-18(15)34(20)11-21(22,23)24/h8-9,13-14H,4-7,10-12H2,1-3H3,(H2,27,28,29);7-8,12-13,28H,3-6,9-11H2,1-2H3,(H2,25,26,27)/t13-,14+;12-,13+. The molecule has 1 amide bonds. The second kappa shape index (κ2) is 20.5. The molecule has 0 aromatic carbocycles. The third-order valence-corrected chi connectivity index (χ3v) is 12.7. The van der Waals surface area contributed by atoms with Crippen molar-refractivity contribution < 1.29 is 40.6 Å². The van der Waals surface area contributed by atoms with Crippen molar-refractivity contribution in [3.05, 3.63) is 24.8 Å². The summed E-state index contributed by atoms with van der Waals surface area (Å²) < 4.78 is 96.3. The summed E-state index contributed by atoms with van der Waals surface area (Å²) >= 11 is 0. The predicted molar refractivity (Wildman–Crippen MR) is 258 cm³/mol. The lowest BCUT2D eigenvalue weighted by Gasteiger charge is -2.44. The maximum Gasteiger partial charge on any atom is 0.406 e. The average molecular weight is 1030 g/mol. The van der Waals surface area contributed by atoms with Crippen molar-refractivity contribution in [3.8, 4) is 22.8 Å². The average Bonchev–Trinajstić information content (AvgIpc) is 3.88. The number of imidazole rings is 2. The van der Waals surface area contributed by atoms with Gasteiger partial charge in [-0.1, -0.05) is 0 Å². The number of hydrogen-bond acceptors (Lipinski definition) is 20. The number of piperazine rings is 2. The van der Waals surface area contributed by atoms with E-state index in [1.54, 1.807) is 9.80 Å². The molecule has 0 saturated carbocycles. The van der Waals surface area contributed by atoms with E-state index in [0.29, 0.717) is 107 Å². The number of ether oxygens (including phenoxy) is 2. The minimum absolute atomic E-state index is 0.0509. The van der Waals surface area contributed by atoms with E-state index in [4.69, 9.17) is 40.9 Å². The largest absolute Gasteiger partial charge is 0.406 e. The Morgan fingerprint density at radius 1 is 0.589 bits per heavy atom. The molecule has 0 unspecified atom stereocenters. The zero-order valence-corrected chi connectivity index (χ0v) is 40.8. The number of alkyl halides is 6. The second-order valence-corrected chi connectivity index (χ2v) is 18.6. The fourth-order valence-electron chi connectivity index (χ4n) is 9.84. The van der Waals surface area contributed by atoms with E-state index >= 15 is 0 Å². The Kier molecular flexibility index (Phi) is 14.3. The van der Waals surface area contributed by atoms with Crippen molar-refractivity contribution in [3.63, 3.8) is 0 Å². The molecule has 29 heteroatoms. The van der Waals surface area contributed by atoms with E-state index in [1.807, 2.05) is 42.4 Å². The number of nitrogen functional groups attached to an aromatic ring is 2. The van der Waals surface area contributed by atoms with Gasteiger partial charge in [0.1, 0.15) is 13.1 Å². The van der Waals surface area contributed by atoms with E-state index in [2.05, 4.69) is 35.2 Å². The first-order chi connectivity index (χ1) is 34.7. The van der Waals surface area contributed by atoms with Crippen LogP contribution in [0.25, 0.3) is 45.1 Å². The number of anilines is 6. The lowest BCUT2D eigenvalue weighted by Crippen LogP contribution is -2.58. The van der Waals surface area contributed by atoms with Gasteiger partial charge >= 0.3 is 12.4 Å². The van der Waals surface area contributed by atoms with Gasteiger partial charge in [0.25, 0.3) is 0 Å². The highest BCUT2D eigenvalue weighted by molar-refractivity contribution is 5.89. The van der Waals surface area contributed by atoms with Gasteiger partial charge in [0.15, 0.2) is 45.6 Å². The van der Waals surface area contributed by atoms with Crippen LogP contribution in [0, 0.1) is 0 Å². The van der Waals surface area contributed by atoms with Gasteiger partial charge < -0.3 is 50.8 Å². The number of fused-ring (bicyclic) bond motifs is 2. The highest BCUT2D eigenvalue weighted by Crippen LogP contribution is 2.36. The summed E-state index contributed by atoms with van der Waals surface area (Å²) in [6.07, 6.45) is -3.22. The maximum atomic E-state index is 13.9. The fourth-order valence-corrected chi connectivity index (χ4v) is 9.84. The molecule has 5 N–H and O–H groups in total. The Balaban J connectivity index is 0.000000180. The van der Waals surface area contributed by atoms with Crippen LogP contribution in [0.4, 0.5) is 61.8 Å². The zero-order valence-electron chi connectivity index (χ0n) is 40.8. The van der Waals surface area contributed by atoms with Gasteiger partial charge in [-0.2, -0.15) is 26.3 Å². The summed E-state index contributed by atoms with van der Waals surface area (Å²) in [4.78, 5) is 65.3. The van der Waals surface area contributed by atoms with Crippen LogP contribution < -0.4 is 36.4 Å². The topological polar surface area (TPSA) is 255 Å². The monoisotopic (exact) mass is 1030 g/mol.